The third-order valence-electron chi connectivity index (χ3n) is 4.35. The molecule has 4 N–H and O–H groups in total. The highest BCUT2D eigenvalue weighted by atomic mass is 16.6. The van der Waals surface area contributed by atoms with E-state index in [1.165, 1.54) is 4.90 Å². The summed E-state index contributed by atoms with van der Waals surface area (Å²) in [5, 5.41) is 15.9. The maximum Gasteiger partial charge on any atom is 0.414 e. The molecule has 1 unspecified atom stereocenters. The van der Waals surface area contributed by atoms with Crippen LogP contribution in [-0.4, -0.2) is 47.2 Å². The zero-order valence-corrected chi connectivity index (χ0v) is 16.8. The van der Waals surface area contributed by atoms with Gasteiger partial charge in [-0.15, -0.1) is 0 Å². The van der Waals surface area contributed by atoms with Crippen LogP contribution in [0.4, 0.5) is 10.5 Å². The lowest BCUT2D eigenvalue weighted by Gasteiger charge is -2.14. The van der Waals surface area contributed by atoms with Crippen LogP contribution in [0.3, 0.4) is 0 Å². The van der Waals surface area contributed by atoms with E-state index in [1.807, 2.05) is 30.3 Å². The Morgan fingerprint density at radius 2 is 2.06 bits per heavy atom. The molecule has 1 saturated heterocycles. The van der Waals surface area contributed by atoms with Crippen molar-refractivity contribution in [3.8, 4) is 5.75 Å². The van der Waals surface area contributed by atoms with Gasteiger partial charge in [-0.25, -0.2) is 4.79 Å². The average Bonchev–Trinajstić information content (AvgIpc) is 3.12. The molecule has 9 heteroatoms. The van der Waals surface area contributed by atoms with E-state index in [1.54, 1.807) is 30.5 Å². The van der Waals surface area contributed by atoms with E-state index < -0.39 is 12.1 Å². The van der Waals surface area contributed by atoms with E-state index in [0.717, 1.165) is 17.8 Å². The van der Waals surface area contributed by atoms with Gasteiger partial charge in [0.05, 0.1) is 12.1 Å². The fourth-order valence-electron chi connectivity index (χ4n) is 2.99. The molecule has 0 aliphatic carbocycles. The second kappa shape index (κ2) is 9.57. The van der Waals surface area contributed by atoms with Gasteiger partial charge in [-0.1, -0.05) is 18.2 Å². The van der Waals surface area contributed by atoms with Crippen LogP contribution in [0.2, 0.25) is 0 Å². The largest absolute Gasteiger partial charge is 0.490 e. The van der Waals surface area contributed by atoms with Gasteiger partial charge in [0.1, 0.15) is 18.2 Å². The van der Waals surface area contributed by atoms with Crippen molar-refractivity contribution in [1.82, 2.24) is 4.98 Å². The number of pyridine rings is 1. The van der Waals surface area contributed by atoms with Crippen LogP contribution in [0.25, 0.3) is 10.9 Å². The summed E-state index contributed by atoms with van der Waals surface area (Å²) in [5.41, 5.74) is 7.62. The van der Waals surface area contributed by atoms with Gasteiger partial charge in [0.2, 0.25) is 0 Å². The molecule has 1 fully saturated rings. The number of hydrogen-bond donors (Lipinski definition) is 3. The van der Waals surface area contributed by atoms with Crippen molar-refractivity contribution in [3.63, 3.8) is 0 Å². The highest BCUT2D eigenvalue weighted by Crippen LogP contribution is 2.24. The number of nitrogens with two attached hydrogens (primary N) is 1. The third kappa shape index (κ3) is 5.69. The number of carboxylic acid groups (broad SMARTS) is 1. The number of fused-ring (bicyclic) bond motifs is 1. The highest BCUT2D eigenvalue weighted by Gasteiger charge is 2.33. The van der Waals surface area contributed by atoms with E-state index >= 15 is 0 Å². The van der Waals surface area contributed by atoms with Gasteiger partial charge < -0.3 is 20.3 Å². The molecule has 0 bridgehead atoms. The first-order valence-electron chi connectivity index (χ1n) is 9.43. The van der Waals surface area contributed by atoms with Crippen molar-refractivity contribution in [2.45, 2.75) is 13.0 Å². The average molecular weight is 422 g/mol. The number of amidine groups is 1. The van der Waals surface area contributed by atoms with Crippen molar-refractivity contribution in [2.75, 3.05) is 18.1 Å². The van der Waals surface area contributed by atoms with Gasteiger partial charge in [-0.3, -0.25) is 20.1 Å². The Hall–Kier alpha value is -4.14. The number of carbonyl (C=O) groups is 2. The van der Waals surface area contributed by atoms with Crippen LogP contribution in [0, 0.1) is 5.41 Å². The Morgan fingerprint density at radius 3 is 2.81 bits per heavy atom. The first kappa shape index (κ1) is 21.6. The number of nitrogen functional groups attached to an aromatic ring is 1. The van der Waals surface area contributed by atoms with Crippen LogP contribution >= 0.6 is 0 Å². The minimum Gasteiger partial charge on any atom is -0.490 e. The summed E-state index contributed by atoms with van der Waals surface area (Å²) in [7, 11) is 0. The molecule has 0 saturated carbocycles. The Balaban J connectivity index is 0.000000628. The SMILES string of the molecule is CC(=O)O.N=C(N)c1cccc(N2CC(COc3ccc4ncccc4c3)OC2=O)c1. The number of aromatic nitrogens is 1. The Bertz CT molecular complexity index is 1110. The van der Waals surface area contributed by atoms with E-state index in [2.05, 4.69) is 4.98 Å². The normalized spacial score (nSPS) is 15.1. The van der Waals surface area contributed by atoms with Crippen LogP contribution in [0.15, 0.2) is 60.8 Å². The quantitative estimate of drug-likeness (QED) is 0.424. The lowest BCUT2D eigenvalue weighted by Crippen LogP contribution is -2.27. The summed E-state index contributed by atoms with van der Waals surface area (Å²) in [6.07, 6.45) is 0.923. The number of rotatable bonds is 5. The first-order chi connectivity index (χ1) is 14.8. The molecule has 1 aromatic heterocycles. The number of aliphatic carboxylic acids is 1. The fraction of sp³-hybridized carbons (Fsp3) is 0.182. The van der Waals surface area contributed by atoms with Gasteiger partial charge >= 0.3 is 6.09 Å². The second-order valence-electron chi connectivity index (χ2n) is 6.77. The number of cyclic esters (lactones) is 1. The summed E-state index contributed by atoms with van der Waals surface area (Å²) in [5.74, 6) is -0.182. The van der Waals surface area contributed by atoms with Crippen LogP contribution in [-0.2, 0) is 9.53 Å². The predicted octanol–water partition coefficient (Wildman–Crippen LogP) is 3.01. The maximum absolute atomic E-state index is 12.2. The van der Waals surface area contributed by atoms with Crippen molar-refractivity contribution in [3.05, 3.63) is 66.4 Å². The van der Waals surface area contributed by atoms with Crippen LogP contribution in [0.5, 0.6) is 5.75 Å². The van der Waals surface area contributed by atoms with Crippen molar-refractivity contribution >= 4 is 34.5 Å². The number of benzene rings is 2. The predicted molar refractivity (Wildman–Crippen MR) is 116 cm³/mol. The molecule has 1 atom stereocenters. The minimum atomic E-state index is -0.833. The number of hydrogen-bond acceptors (Lipinski definition) is 6. The number of ether oxygens (including phenoxy) is 2. The van der Waals surface area contributed by atoms with Gasteiger partial charge in [0, 0.05) is 29.8 Å². The second-order valence-corrected chi connectivity index (χ2v) is 6.77. The summed E-state index contributed by atoms with van der Waals surface area (Å²) in [6, 6.07) is 16.5. The zero-order valence-electron chi connectivity index (χ0n) is 16.8. The first-order valence-corrected chi connectivity index (χ1v) is 9.43. The third-order valence-corrected chi connectivity index (χ3v) is 4.35. The molecule has 1 amide bonds. The van der Waals surface area contributed by atoms with E-state index in [-0.39, 0.29) is 18.5 Å². The number of carbonyl (C=O) groups excluding carboxylic acids is 1. The fourth-order valence-corrected chi connectivity index (χ4v) is 2.99. The molecule has 2 aromatic carbocycles. The molecule has 1 aliphatic rings. The molecule has 0 radical (unpaired) electrons. The van der Waals surface area contributed by atoms with Crippen LogP contribution in [0.1, 0.15) is 12.5 Å². The molecule has 160 valence electrons. The number of nitrogens with zero attached hydrogens (tertiary/aromatic N) is 2. The Morgan fingerprint density at radius 1 is 1.29 bits per heavy atom. The lowest BCUT2D eigenvalue weighted by atomic mass is 10.1. The molecule has 4 rings (SSSR count). The van der Waals surface area contributed by atoms with E-state index in [9.17, 15) is 4.79 Å². The topological polar surface area (TPSA) is 139 Å². The number of carboxylic acids is 1. The van der Waals surface area contributed by atoms with E-state index in [4.69, 9.17) is 30.5 Å². The molecule has 0 spiro atoms. The van der Waals surface area contributed by atoms with Gasteiger partial charge in [-0.05, 0) is 36.4 Å². The van der Waals surface area contributed by atoms with Crippen LogP contribution < -0.4 is 15.4 Å². The molecular formula is C22H22N4O5. The summed E-state index contributed by atoms with van der Waals surface area (Å²) in [4.78, 5) is 27.0. The number of nitrogens with one attached hydrogen (secondary N) is 1. The zero-order chi connectivity index (χ0) is 22.4. The molecule has 9 nitrogen and oxygen atoms in total. The highest BCUT2D eigenvalue weighted by molar-refractivity contribution is 5.97. The number of amides is 1. The summed E-state index contributed by atoms with van der Waals surface area (Å²) < 4.78 is 11.2. The smallest absolute Gasteiger partial charge is 0.414 e. The van der Waals surface area contributed by atoms with Gasteiger partial charge in [0.15, 0.2) is 6.10 Å². The Kier molecular flexibility index (Phi) is 6.66. The minimum absolute atomic E-state index is 0.0462. The monoisotopic (exact) mass is 422 g/mol. The van der Waals surface area contributed by atoms with Gasteiger partial charge in [0.25, 0.3) is 5.97 Å². The molecular weight excluding hydrogens is 400 g/mol. The standard InChI is InChI=1S/C20H18N4O3.C2H4O2/c21-19(22)14-3-1-5-15(9-14)24-11-17(27-20(24)25)12-26-16-6-7-18-13(10-16)4-2-8-23-18;1-2(3)4/h1-10,17H,11-12H2,(H3,21,22);1H3,(H,3,4). The van der Waals surface area contributed by atoms with Crippen molar-refractivity contribution < 1.29 is 24.2 Å². The summed E-state index contributed by atoms with van der Waals surface area (Å²) >= 11 is 0. The van der Waals surface area contributed by atoms with Gasteiger partial charge in [-0.2, -0.15) is 0 Å². The molecule has 3 aromatic rings. The Labute approximate surface area is 178 Å². The molecule has 2 heterocycles. The maximum atomic E-state index is 12.2. The molecule has 1 aliphatic heterocycles. The lowest BCUT2D eigenvalue weighted by molar-refractivity contribution is -0.134. The van der Waals surface area contributed by atoms with E-state index in [0.29, 0.717) is 23.5 Å². The number of anilines is 1. The van der Waals surface area contributed by atoms with Crippen molar-refractivity contribution in [1.29, 1.82) is 5.41 Å². The molecule has 31 heavy (non-hydrogen) atoms. The van der Waals surface area contributed by atoms with Crippen molar-refractivity contribution in [2.24, 2.45) is 5.73 Å². The summed E-state index contributed by atoms with van der Waals surface area (Å²) in [6.45, 7) is 1.70.